The lowest BCUT2D eigenvalue weighted by atomic mass is 9.85. The quantitative estimate of drug-likeness (QED) is 0.245. The highest BCUT2D eigenvalue weighted by Gasteiger charge is 2.69. The predicted octanol–water partition coefficient (Wildman–Crippen LogP) is 0.757. The zero-order chi connectivity index (χ0) is 20.3. The first-order valence-electron chi connectivity index (χ1n) is 8.31. The molecule has 2 aromatic rings. The molecule has 11 nitrogen and oxygen atoms in total. The minimum absolute atomic E-state index is 0.0518. The molecular formula is C16H15N4O7P. The number of benzene rings is 1. The zero-order valence-electron chi connectivity index (χ0n) is 14.3. The van der Waals surface area contributed by atoms with Crippen molar-refractivity contribution >= 4 is 30.5 Å². The number of nitrogens with one attached hydrogen (secondary N) is 2. The highest BCUT2D eigenvalue weighted by Crippen LogP contribution is 2.71. The Morgan fingerprint density at radius 1 is 1.21 bits per heavy atom. The van der Waals surface area contributed by atoms with Gasteiger partial charge < -0.3 is 19.8 Å². The van der Waals surface area contributed by atoms with Gasteiger partial charge in [-0.3, -0.25) is 29.3 Å². The van der Waals surface area contributed by atoms with Gasteiger partial charge in [0.05, 0.1) is 16.0 Å². The Kier molecular flexibility index (Phi) is 3.83. The summed E-state index contributed by atoms with van der Waals surface area (Å²) in [5.74, 6) is 0. The van der Waals surface area contributed by atoms with Crippen LogP contribution in [0.15, 0.2) is 38.9 Å². The summed E-state index contributed by atoms with van der Waals surface area (Å²) in [5.41, 5.74) is -3.06. The number of H-pyrrole nitrogens is 2. The van der Waals surface area contributed by atoms with E-state index in [1.54, 1.807) is 12.2 Å². The van der Waals surface area contributed by atoms with Crippen LogP contribution < -0.4 is 11.1 Å². The van der Waals surface area contributed by atoms with E-state index in [0.717, 1.165) is 6.07 Å². The third kappa shape index (κ3) is 2.59. The van der Waals surface area contributed by atoms with Crippen LogP contribution in [-0.4, -0.2) is 41.6 Å². The summed E-state index contributed by atoms with van der Waals surface area (Å²) in [6.07, 6.45) is 4.98. The first kappa shape index (κ1) is 18.5. The van der Waals surface area contributed by atoms with Crippen molar-refractivity contribution in [1.29, 1.82) is 0 Å². The molecule has 0 spiro atoms. The van der Waals surface area contributed by atoms with E-state index in [4.69, 9.17) is 0 Å². The topological polar surface area (TPSA) is 179 Å². The number of aromatic nitrogens is 2. The number of aromatic amines is 2. The lowest BCUT2D eigenvalue weighted by Gasteiger charge is -2.34. The van der Waals surface area contributed by atoms with Gasteiger partial charge in [-0.25, -0.2) is 0 Å². The minimum Gasteiger partial charge on any atom is -0.324 e. The van der Waals surface area contributed by atoms with E-state index in [-0.39, 0.29) is 41.5 Å². The smallest absolute Gasteiger partial charge is 0.324 e. The molecule has 0 amide bonds. The van der Waals surface area contributed by atoms with Crippen LogP contribution in [0.1, 0.15) is 18.4 Å². The molecule has 0 saturated heterocycles. The monoisotopic (exact) mass is 406 g/mol. The van der Waals surface area contributed by atoms with Crippen molar-refractivity contribution in [1.82, 2.24) is 9.97 Å². The number of fused-ring (bicyclic) bond motifs is 1. The van der Waals surface area contributed by atoms with Crippen LogP contribution in [0.2, 0.25) is 0 Å². The third-order valence-electron chi connectivity index (χ3n) is 5.42. The molecule has 4 rings (SSSR count). The van der Waals surface area contributed by atoms with Crippen LogP contribution in [0.25, 0.3) is 11.0 Å². The van der Waals surface area contributed by atoms with Crippen molar-refractivity contribution < 1.29 is 19.3 Å². The molecule has 0 bridgehead atoms. The molecule has 0 radical (unpaired) electrons. The van der Waals surface area contributed by atoms with E-state index >= 15 is 0 Å². The van der Waals surface area contributed by atoms with Gasteiger partial charge in [-0.15, -0.1) is 0 Å². The number of hydrogen-bond donors (Lipinski definition) is 4. The summed E-state index contributed by atoms with van der Waals surface area (Å²) in [4.78, 5) is 63.0. The van der Waals surface area contributed by atoms with Gasteiger partial charge in [0.15, 0.2) is 0 Å². The van der Waals surface area contributed by atoms with E-state index in [1.165, 1.54) is 12.3 Å². The molecule has 2 heterocycles. The average Bonchev–Trinajstić information content (AvgIpc) is 3.32. The Morgan fingerprint density at radius 3 is 2.43 bits per heavy atom. The first-order chi connectivity index (χ1) is 13.1. The highest BCUT2D eigenvalue weighted by atomic mass is 31.2. The van der Waals surface area contributed by atoms with E-state index in [1.807, 2.05) is 0 Å². The van der Waals surface area contributed by atoms with Crippen LogP contribution in [0.4, 0.5) is 5.69 Å². The minimum atomic E-state index is -4.55. The van der Waals surface area contributed by atoms with Crippen LogP contribution in [0, 0.1) is 10.1 Å². The van der Waals surface area contributed by atoms with Crippen LogP contribution >= 0.6 is 7.60 Å². The number of nitrogens with zero attached hydrogens (tertiary/aromatic N) is 2. The fourth-order valence-electron chi connectivity index (χ4n) is 3.88. The molecule has 1 atom stereocenters. The van der Waals surface area contributed by atoms with E-state index < -0.39 is 34.3 Å². The average molecular weight is 406 g/mol. The third-order valence-corrected chi connectivity index (χ3v) is 7.37. The van der Waals surface area contributed by atoms with Gasteiger partial charge in [0.1, 0.15) is 10.7 Å². The normalized spacial score (nSPS) is 22.6. The number of hydrogen-bond acceptors (Lipinski definition) is 6. The molecule has 1 aromatic carbocycles. The molecule has 28 heavy (non-hydrogen) atoms. The van der Waals surface area contributed by atoms with Gasteiger partial charge in [0.2, 0.25) is 0 Å². The molecule has 1 aromatic heterocycles. The molecule has 1 saturated carbocycles. The van der Waals surface area contributed by atoms with Crippen molar-refractivity contribution in [3.05, 3.63) is 60.7 Å². The maximum atomic E-state index is 12.2. The standard InChI is InChI=1S/C16H15N4O7P/c21-13-14(22)19-12-9(6-10(20(23)24)7-11(12)18-13)8-15(2-1-5-17-15)16(3-4-16)28(25,26)27/h1-2,5-7H,3-4,8H2,(H,18,21)(H,19,22)(H2,25,26,27). The summed E-state index contributed by atoms with van der Waals surface area (Å²) < 4.78 is 12.2. The van der Waals surface area contributed by atoms with Gasteiger partial charge in [-0.05, 0) is 24.5 Å². The molecule has 1 fully saturated rings. The molecule has 4 N–H and O–H groups in total. The second-order valence-corrected chi connectivity index (χ2v) is 8.95. The molecule has 1 aliphatic carbocycles. The van der Waals surface area contributed by atoms with Crippen molar-refractivity contribution in [2.45, 2.75) is 30.0 Å². The Balaban J connectivity index is 1.95. The number of non-ortho nitro benzene ring substituents is 1. The van der Waals surface area contributed by atoms with Crippen molar-refractivity contribution in [3.8, 4) is 0 Å². The molecule has 146 valence electrons. The molecule has 2 aliphatic rings. The summed E-state index contributed by atoms with van der Waals surface area (Å²) in [5, 5.41) is 9.91. The largest absolute Gasteiger partial charge is 0.334 e. The van der Waals surface area contributed by atoms with Crippen LogP contribution in [0.3, 0.4) is 0 Å². The number of rotatable bonds is 5. The second kappa shape index (κ2) is 5.81. The summed E-state index contributed by atoms with van der Waals surface area (Å²) in [6, 6.07) is 2.34. The second-order valence-electron chi connectivity index (χ2n) is 7.01. The van der Waals surface area contributed by atoms with Crippen LogP contribution in [-0.2, 0) is 11.0 Å². The zero-order valence-corrected chi connectivity index (χ0v) is 15.2. The van der Waals surface area contributed by atoms with Crippen LogP contribution in [0.5, 0.6) is 0 Å². The van der Waals surface area contributed by atoms with Crippen molar-refractivity contribution in [3.63, 3.8) is 0 Å². The maximum absolute atomic E-state index is 12.2. The summed E-state index contributed by atoms with van der Waals surface area (Å²) in [6.45, 7) is 0. The fourth-order valence-corrected chi connectivity index (χ4v) is 5.29. The molecule has 12 heteroatoms. The Morgan fingerprint density at radius 2 is 1.89 bits per heavy atom. The van der Waals surface area contributed by atoms with E-state index in [2.05, 4.69) is 15.0 Å². The molecule has 1 unspecified atom stereocenters. The Hall–Kier alpha value is -2.88. The predicted molar refractivity (Wildman–Crippen MR) is 99.9 cm³/mol. The SMILES string of the molecule is O=c1[nH]c2cc([N+](=O)[O-])cc(CC3(C4(P(=O)(O)O)CC4)C=CC=N3)c2[nH]c1=O. The van der Waals surface area contributed by atoms with Gasteiger partial charge in [-0.2, -0.15) is 0 Å². The first-order valence-corrected chi connectivity index (χ1v) is 9.92. The van der Waals surface area contributed by atoms with E-state index in [0.29, 0.717) is 0 Å². The van der Waals surface area contributed by atoms with Crippen molar-refractivity contribution in [2.24, 2.45) is 4.99 Å². The number of nitro benzene ring substituents is 1. The number of aliphatic imine (C=N–C) groups is 1. The Labute approximate surface area is 156 Å². The highest BCUT2D eigenvalue weighted by molar-refractivity contribution is 7.54. The maximum Gasteiger partial charge on any atom is 0.334 e. The fraction of sp³-hybridized carbons (Fsp3) is 0.312. The van der Waals surface area contributed by atoms with Gasteiger partial charge in [-0.1, -0.05) is 6.08 Å². The lowest BCUT2D eigenvalue weighted by Crippen LogP contribution is -2.42. The molecular weight excluding hydrogens is 391 g/mol. The van der Waals surface area contributed by atoms with Gasteiger partial charge >= 0.3 is 18.7 Å². The summed E-state index contributed by atoms with van der Waals surface area (Å²) >= 11 is 0. The van der Waals surface area contributed by atoms with Gasteiger partial charge in [0.25, 0.3) is 5.69 Å². The number of nitro groups is 1. The number of allylic oxidation sites excluding steroid dienone is 1. The van der Waals surface area contributed by atoms with Crippen molar-refractivity contribution in [2.75, 3.05) is 0 Å². The van der Waals surface area contributed by atoms with E-state index in [9.17, 15) is 34.1 Å². The van der Waals surface area contributed by atoms with Gasteiger partial charge in [0, 0.05) is 24.8 Å². The Bertz CT molecular complexity index is 1220. The lowest BCUT2D eigenvalue weighted by molar-refractivity contribution is -0.384. The molecule has 1 aliphatic heterocycles. The summed E-state index contributed by atoms with van der Waals surface area (Å²) in [7, 11) is -4.55.